The zero-order valence-electron chi connectivity index (χ0n) is 38.9. The highest BCUT2D eigenvalue weighted by atomic mass is 32.2. The van der Waals surface area contributed by atoms with E-state index in [0.29, 0.717) is 30.3 Å². The number of unbranched alkanes of at least 4 members (excludes halogenated alkanes) is 3. The Hall–Kier alpha value is -2.67. The number of hydrogen-bond donors (Lipinski definition) is 3. The van der Waals surface area contributed by atoms with Crippen molar-refractivity contribution in [2.24, 2.45) is 5.92 Å². The van der Waals surface area contributed by atoms with Gasteiger partial charge in [0.1, 0.15) is 6.79 Å². The number of hydrogen-bond acceptors (Lipinski definition) is 7. The van der Waals surface area contributed by atoms with Crippen LogP contribution >= 0.6 is 0 Å². The third kappa shape index (κ3) is 36.4. The molecule has 13 heteroatoms. The predicted octanol–water partition coefficient (Wildman–Crippen LogP) is 9.65. The Morgan fingerprint density at radius 1 is 0.810 bits per heavy atom. The van der Waals surface area contributed by atoms with Gasteiger partial charge in [-0.05, 0) is 84.8 Å². The van der Waals surface area contributed by atoms with Crippen LogP contribution in [0.3, 0.4) is 0 Å². The Morgan fingerprint density at radius 2 is 1.33 bits per heavy atom. The maximum atomic E-state index is 14.7. The molecular formula is C45H90FN5O6S. The fourth-order valence-corrected chi connectivity index (χ4v) is 7.66. The molecule has 11 nitrogen and oxygen atoms in total. The van der Waals surface area contributed by atoms with Gasteiger partial charge >= 0.3 is 6.03 Å². The summed E-state index contributed by atoms with van der Waals surface area (Å²) in [7, 11) is 3.02. The summed E-state index contributed by atoms with van der Waals surface area (Å²) in [6.45, 7) is 23.2. The average molecular weight is 848 g/mol. The Bertz CT molecular complexity index is 1020. The number of urea groups is 1. The van der Waals surface area contributed by atoms with Gasteiger partial charge in [0.15, 0.2) is 0 Å². The van der Waals surface area contributed by atoms with Gasteiger partial charge in [-0.25, -0.2) is 4.79 Å². The van der Waals surface area contributed by atoms with Gasteiger partial charge in [0.05, 0.1) is 12.6 Å². The van der Waals surface area contributed by atoms with Crippen LogP contribution in [0.4, 0.5) is 9.28 Å². The Kier molecular flexibility index (Phi) is 48.5. The van der Waals surface area contributed by atoms with Crippen LogP contribution in [0.2, 0.25) is 0 Å². The first-order valence-electron chi connectivity index (χ1n) is 22.6. The highest BCUT2D eigenvalue weighted by molar-refractivity contribution is 7.85. The van der Waals surface area contributed by atoms with Crippen LogP contribution < -0.4 is 16.0 Å². The number of ketones is 1. The highest BCUT2D eigenvalue weighted by Gasteiger charge is 2.30. The summed E-state index contributed by atoms with van der Waals surface area (Å²) in [6, 6.07) is -1.24. The first-order chi connectivity index (χ1) is 27.8. The second-order valence-electron chi connectivity index (χ2n) is 15.0. The smallest absolute Gasteiger partial charge is 0.345 e. The van der Waals surface area contributed by atoms with Gasteiger partial charge in [0, 0.05) is 40.8 Å². The van der Waals surface area contributed by atoms with Crippen LogP contribution in [0, 0.1) is 5.92 Å². The number of nitrogens with one attached hydrogen (secondary N) is 3. The molecular weight excluding hydrogens is 758 g/mol. The Morgan fingerprint density at radius 3 is 1.79 bits per heavy atom. The average Bonchev–Trinajstić information content (AvgIpc) is 3.65. The third-order valence-corrected chi connectivity index (χ3v) is 11.7. The lowest BCUT2D eigenvalue weighted by Gasteiger charge is -2.29. The fraction of sp³-hybridized carbons (Fsp3) is 0.844. The molecule has 3 unspecified atom stereocenters. The van der Waals surface area contributed by atoms with Crippen LogP contribution in [-0.4, -0.2) is 101 Å². The van der Waals surface area contributed by atoms with E-state index in [9.17, 15) is 27.9 Å². The zero-order valence-corrected chi connectivity index (χ0v) is 39.7. The van der Waals surface area contributed by atoms with Crippen molar-refractivity contribution in [1.82, 2.24) is 26.0 Å². The van der Waals surface area contributed by atoms with Crippen molar-refractivity contribution < 1.29 is 32.7 Å². The van der Waals surface area contributed by atoms with Crippen LogP contribution in [0.25, 0.3) is 0 Å². The third-order valence-electron chi connectivity index (χ3n) is 9.73. The number of nitrogens with zero attached hydrogens (tertiary/aromatic N) is 2. The molecule has 3 N–H and O–H groups in total. The molecule has 0 aromatic heterocycles. The zero-order chi connectivity index (χ0) is 45.1. The van der Waals surface area contributed by atoms with Crippen molar-refractivity contribution in [1.29, 1.82) is 0 Å². The van der Waals surface area contributed by atoms with Crippen molar-refractivity contribution in [2.45, 2.75) is 201 Å². The lowest BCUT2D eigenvalue weighted by molar-refractivity contribution is -0.138. The molecule has 3 atom stereocenters. The van der Waals surface area contributed by atoms with Gasteiger partial charge in [-0.1, -0.05) is 130 Å². The molecule has 0 heterocycles. The van der Waals surface area contributed by atoms with Crippen LogP contribution in [0.5, 0.6) is 0 Å². The van der Waals surface area contributed by atoms with Crippen LogP contribution in [0.1, 0.15) is 184 Å². The number of rotatable bonds is 21. The summed E-state index contributed by atoms with van der Waals surface area (Å²) in [5, 5.41) is 8.40. The second-order valence-corrected chi connectivity index (χ2v) is 16.7. The fourth-order valence-electron chi connectivity index (χ4n) is 5.88. The van der Waals surface area contributed by atoms with Crippen molar-refractivity contribution in [2.75, 3.05) is 39.5 Å². The van der Waals surface area contributed by atoms with E-state index >= 15 is 0 Å². The van der Waals surface area contributed by atoms with Gasteiger partial charge in [-0.2, -0.15) is 5.12 Å². The van der Waals surface area contributed by atoms with Crippen LogP contribution in [0.15, 0.2) is 12.7 Å². The predicted molar refractivity (Wildman–Crippen MR) is 244 cm³/mol. The quantitative estimate of drug-likeness (QED) is 0.0343. The summed E-state index contributed by atoms with van der Waals surface area (Å²) in [4.78, 5) is 56.7. The molecule has 2 fully saturated rings. The lowest BCUT2D eigenvalue weighted by atomic mass is 9.93. The van der Waals surface area contributed by atoms with Crippen molar-refractivity contribution in [3.8, 4) is 0 Å². The summed E-state index contributed by atoms with van der Waals surface area (Å²) >= 11 is 0. The second kappa shape index (κ2) is 45.4. The van der Waals surface area contributed by atoms with E-state index in [1.807, 2.05) is 48.6 Å². The maximum Gasteiger partial charge on any atom is 0.345 e. The summed E-state index contributed by atoms with van der Waals surface area (Å²) in [6.07, 6.45) is 22.3. The molecule has 0 bridgehead atoms. The SMILES string of the molecule is C=CCCNC(=O)C(=O)CNC(=O)CCCCN(C)C.C=O.CC.CCCC.CCCC.CCCC(CS(=O)C1CCCC1)NC(=O)N(F)C(C)C1CCCCCC1. The lowest BCUT2D eigenvalue weighted by Crippen LogP contribution is -2.48. The van der Waals surface area contributed by atoms with Gasteiger partial charge in [-0.15, -0.1) is 6.58 Å². The molecule has 2 aliphatic rings. The van der Waals surface area contributed by atoms with E-state index in [1.165, 1.54) is 38.5 Å². The van der Waals surface area contributed by atoms with Gasteiger partial charge in [0.2, 0.25) is 11.7 Å². The molecule has 0 spiro atoms. The van der Waals surface area contributed by atoms with E-state index in [2.05, 4.69) is 55.1 Å². The molecule has 4 amide bonds. The molecule has 2 aliphatic carbocycles. The normalized spacial score (nSPS) is 15.1. The highest BCUT2D eigenvalue weighted by Crippen LogP contribution is 2.28. The number of amides is 4. The van der Waals surface area contributed by atoms with E-state index in [1.54, 1.807) is 6.08 Å². The minimum Gasteiger partial charge on any atom is -0.349 e. The summed E-state index contributed by atoms with van der Waals surface area (Å²) in [5.41, 5.74) is 0. The van der Waals surface area contributed by atoms with Crippen LogP contribution in [-0.2, 0) is 30.0 Å². The monoisotopic (exact) mass is 848 g/mol. The molecule has 58 heavy (non-hydrogen) atoms. The number of carbonyl (C=O) groups excluding carboxylic acids is 5. The molecule has 0 saturated heterocycles. The van der Waals surface area contributed by atoms with E-state index in [0.717, 1.165) is 83.6 Å². The molecule has 0 radical (unpaired) electrons. The molecule has 344 valence electrons. The van der Waals surface area contributed by atoms with E-state index in [-0.39, 0.29) is 29.7 Å². The number of carbonyl (C=O) groups is 5. The van der Waals surface area contributed by atoms with Crippen molar-refractivity contribution >= 4 is 41.2 Å². The molecule has 2 saturated carbocycles. The molecule has 2 rings (SSSR count). The summed E-state index contributed by atoms with van der Waals surface area (Å²) in [5.74, 6) is -0.799. The molecule has 0 aromatic carbocycles. The molecule has 0 aliphatic heterocycles. The maximum absolute atomic E-state index is 14.7. The minimum absolute atomic E-state index is 0.198. The Balaban J connectivity index is -0.000000402. The van der Waals surface area contributed by atoms with E-state index in [4.69, 9.17) is 4.79 Å². The first-order valence-corrected chi connectivity index (χ1v) is 24.0. The Labute approximate surface area is 358 Å². The number of Topliss-reactive ketones (excluding diaryl/α,β-unsaturated/α-hetero) is 1. The standard InChI is InChI=1S/C20H37FN2O2S.C14H25N3O3.2C4H10.C2H6.CH2O/c1-3-10-18(15-26(25)19-13-8-9-14-19)22-20(24)23(21)16(2)17-11-6-4-5-7-12-17;1-4-5-9-15-14(20)12(18)11-16-13(19)8-6-7-10-17(2)3;2*1-3-4-2;2*1-2/h16-19H,3-15H2,1-2H3,(H,22,24);4H,1,5-11H2,2-3H3,(H,15,20)(H,16,19);2*3-4H2,1-2H3;1-2H3;1H2. The number of halogens is 1. The topological polar surface area (TPSA) is 145 Å². The van der Waals surface area contributed by atoms with Gasteiger partial charge < -0.3 is 25.6 Å². The van der Waals surface area contributed by atoms with Crippen molar-refractivity contribution in [3.63, 3.8) is 0 Å². The van der Waals surface area contributed by atoms with Crippen molar-refractivity contribution in [3.05, 3.63) is 12.7 Å². The van der Waals surface area contributed by atoms with Gasteiger partial charge in [-0.3, -0.25) is 18.6 Å². The summed E-state index contributed by atoms with van der Waals surface area (Å²) < 4.78 is 27.2. The first kappa shape index (κ1) is 62.0. The molecule has 0 aromatic rings. The largest absolute Gasteiger partial charge is 0.349 e. The minimum atomic E-state index is -0.930. The van der Waals surface area contributed by atoms with E-state index < -0.39 is 34.6 Å². The van der Waals surface area contributed by atoms with Gasteiger partial charge in [0.25, 0.3) is 5.91 Å².